The summed E-state index contributed by atoms with van der Waals surface area (Å²) in [5.74, 6) is -1.16. The minimum absolute atomic E-state index is 0.0268. The van der Waals surface area contributed by atoms with E-state index in [4.69, 9.17) is 0 Å². The molecule has 17 heavy (non-hydrogen) atoms. The van der Waals surface area contributed by atoms with E-state index in [0.29, 0.717) is 0 Å². The van der Waals surface area contributed by atoms with Gasteiger partial charge in [-0.15, -0.1) is 10.2 Å². The van der Waals surface area contributed by atoms with Gasteiger partial charge in [-0.2, -0.15) is 13.2 Å². The number of hydrogen-bond acceptors (Lipinski definition) is 6. The highest BCUT2D eigenvalue weighted by Gasteiger charge is 2.39. The van der Waals surface area contributed by atoms with E-state index in [1.807, 2.05) is 0 Å². The molecule has 1 aromatic rings. The molecule has 0 amide bonds. The minimum Gasteiger partial charge on any atom is -0.461 e. The fourth-order valence-corrected chi connectivity index (χ4v) is 1.24. The summed E-state index contributed by atoms with van der Waals surface area (Å²) in [6.07, 6.45) is -3.24. The van der Waals surface area contributed by atoms with Crippen molar-refractivity contribution in [1.82, 2.24) is 15.2 Å². The average Bonchev–Trinajstić information content (AvgIpc) is 2.27. The van der Waals surface area contributed by atoms with Gasteiger partial charge in [0.05, 0.1) is 6.61 Å². The van der Waals surface area contributed by atoms with Crippen molar-refractivity contribution in [2.75, 3.05) is 12.9 Å². The van der Waals surface area contributed by atoms with E-state index in [2.05, 4.69) is 19.9 Å². The molecule has 1 aromatic heterocycles. The molecular formula is C8H8F3N3O2S. The van der Waals surface area contributed by atoms with Gasteiger partial charge < -0.3 is 4.74 Å². The molecule has 5 nitrogen and oxygen atoms in total. The standard InChI is InChI=1S/C8H8F3N3O2S/c1-3-16-6(15)4-5(8(9,10)11)13-14-7(12-4)17-2/h3H2,1-2H3. The molecule has 0 fully saturated rings. The molecule has 0 saturated carbocycles. The lowest BCUT2D eigenvalue weighted by Crippen LogP contribution is -2.20. The van der Waals surface area contributed by atoms with Crippen LogP contribution in [-0.4, -0.2) is 34.0 Å². The molecule has 9 heteroatoms. The maximum atomic E-state index is 12.5. The van der Waals surface area contributed by atoms with E-state index in [-0.39, 0.29) is 11.8 Å². The third-order valence-corrected chi connectivity index (χ3v) is 2.13. The Bertz CT molecular complexity index is 425. The first-order valence-corrected chi connectivity index (χ1v) is 5.65. The van der Waals surface area contributed by atoms with Gasteiger partial charge in [0.15, 0.2) is 11.4 Å². The molecule has 0 spiro atoms. The number of esters is 1. The Morgan fingerprint density at radius 3 is 2.53 bits per heavy atom. The summed E-state index contributed by atoms with van der Waals surface area (Å²) in [5, 5.41) is 6.18. The number of carbonyl (C=O) groups excluding carboxylic acids is 1. The highest BCUT2D eigenvalue weighted by Crippen LogP contribution is 2.30. The number of rotatable bonds is 3. The predicted molar refractivity (Wildman–Crippen MR) is 52.6 cm³/mol. The SMILES string of the molecule is CCOC(=O)c1nc(SC)nnc1C(F)(F)F. The maximum absolute atomic E-state index is 12.5. The van der Waals surface area contributed by atoms with E-state index in [1.54, 1.807) is 6.26 Å². The zero-order chi connectivity index (χ0) is 13.1. The highest BCUT2D eigenvalue weighted by molar-refractivity contribution is 7.98. The second-order valence-corrected chi connectivity index (χ2v) is 3.49. The van der Waals surface area contributed by atoms with Crippen molar-refractivity contribution in [2.45, 2.75) is 18.3 Å². The van der Waals surface area contributed by atoms with Crippen LogP contribution in [0.2, 0.25) is 0 Å². The van der Waals surface area contributed by atoms with Gasteiger partial charge in [0, 0.05) is 0 Å². The molecule has 1 rings (SSSR count). The summed E-state index contributed by atoms with van der Waals surface area (Å²) in [6.45, 7) is 1.43. The minimum atomic E-state index is -4.79. The zero-order valence-corrected chi connectivity index (χ0v) is 9.72. The van der Waals surface area contributed by atoms with Crippen molar-refractivity contribution < 1.29 is 22.7 Å². The summed E-state index contributed by atoms with van der Waals surface area (Å²) in [6, 6.07) is 0. The zero-order valence-electron chi connectivity index (χ0n) is 8.91. The Morgan fingerprint density at radius 2 is 2.06 bits per heavy atom. The van der Waals surface area contributed by atoms with Crippen LogP contribution in [0.5, 0.6) is 0 Å². The Kier molecular flexibility index (Phi) is 4.27. The number of nitrogens with zero attached hydrogens (tertiary/aromatic N) is 3. The molecule has 0 aliphatic heterocycles. The first-order chi connectivity index (χ1) is 7.90. The molecule has 0 saturated heterocycles. The number of hydrogen-bond donors (Lipinski definition) is 0. The average molecular weight is 267 g/mol. The lowest BCUT2D eigenvalue weighted by Gasteiger charge is -2.09. The summed E-state index contributed by atoms with van der Waals surface area (Å²) in [7, 11) is 0. The van der Waals surface area contributed by atoms with E-state index >= 15 is 0 Å². The van der Waals surface area contributed by atoms with Gasteiger partial charge in [0.2, 0.25) is 5.16 Å². The third kappa shape index (κ3) is 3.29. The van der Waals surface area contributed by atoms with Crippen LogP contribution in [0.1, 0.15) is 23.1 Å². The molecule has 0 N–H and O–H groups in total. The van der Waals surface area contributed by atoms with Crippen LogP contribution in [0.3, 0.4) is 0 Å². The van der Waals surface area contributed by atoms with Gasteiger partial charge in [-0.05, 0) is 13.2 Å². The molecule has 0 aromatic carbocycles. The van der Waals surface area contributed by atoms with Crippen LogP contribution in [0.4, 0.5) is 13.2 Å². The quantitative estimate of drug-likeness (QED) is 0.614. The molecule has 94 valence electrons. The fraction of sp³-hybridized carbons (Fsp3) is 0.500. The summed E-state index contributed by atoms with van der Waals surface area (Å²) >= 11 is 0.978. The van der Waals surface area contributed by atoms with Gasteiger partial charge in [-0.25, -0.2) is 9.78 Å². The Balaban J connectivity index is 3.26. The van der Waals surface area contributed by atoms with Crippen molar-refractivity contribution in [3.05, 3.63) is 11.4 Å². The smallest absolute Gasteiger partial charge is 0.437 e. The second kappa shape index (κ2) is 5.30. The normalized spacial score (nSPS) is 11.4. The molecule has 1 heterocycles. The van der Waals surface area contributed by atoms with Crippen LogP contribution < -0.4 is 0 Å². The fourth-order valence-electron chi connectivity index (χ4n) is 0.930. The van der Waals surface area contributed by atoms with Crippen molar-refractivity contribution in [3.8, 4) is 0 Å². The third-order valence-electron chi connectivity index (χ3n) is 1.59. The van der Waals surface area contributed by atoms with E-state index in [1.165, 1.54) is 6.92 Å². The Morgan fingerprint density at radius 1 is 1.41 bits per heavy atom. The van der Waals surface area contributed by atoms with Crippen LogP contribution >= 0.6 is 11.8 Å². The molecular weight excluding hydrogens is 259 g/mol. The summed E-state index contributed by atoms with van der Waals surface area (Å²) in [4.78, 5) is 14.8. The largest absolute Gasteiger partial charge is 0.461 e. The van der Waals surface area contributed by atoms with E-state index in [0.717, 1.165) is 11.8 Å². The lowest BCUT2D eigenvalue weighted by molar-refractivity contribution is -0.142. The van der Waals surface area contributed by atoms with Gasteiger partial charge in [0.1, 0.15) is 0 Å². The maximum Gasteiger partial charge on any atom is 0.437 e. The lowest BCUT2D eigenvalue weighted by atomic mass is 10.3. The Labute approximate surface area is 98.8 Å². The van der Waals surface area contributed by atoms with Crippen molar-refractivity contribution in [3.63, 3.8) is 0 Å². The number of ether oxygens (including phenoxy) is 1. The van der Waals surface area contributed by atoms with Crippen molar-refractivity contribution >= 4 is 17.7 Å². The monoisotopic (exact) mass is 267 g/mol. The van der Waals surface area contributed by atoms with Gasteiger partial charge in [0.25, 0.3) is 0 Å². The molecule has 0 aliphatic rings. The van der Waals surface area contributed by atoms with Crippen LogP contribution in [0, 0.1) is 0 Å². The first kappa shape index (κ1) is 13.7. The second-order valence-electron chi connectivity index (χ2n) is 2.71. The van der Waals surface area contributed by atoms with Crippen molar-refractivity contribution in [1.29, 1.82) is 0 Å². The van der Waals surface area contributed by atoms with Gasteiger partial charge in [-0.1, -0.05) is 11.8 Å². The highest BCUT2D eigenvalue weighted by atomic mass is 32.2. The van der Waals surface area contributed by atoms with Gasteiger partial charge in [-0.3, -0.25) is 0 Å². The molecule has 0 bridgehead atoms. The molecule has 0 aliphatic carbocycles. The molecule has 0 unspecified atom stereocenters. The number of alkyl halides is 3. The molecule has 0 radical (unpaired) electrons. The van der Waals surface area contributed by atoms with Crippen LogP contribution in [-0.2, 0) is 10.9 Å². The molecule has 0 atom stereocenters. The van der Waals surface area contributed by atoms with Crippen molar-refractivity contribution in [2.24, 2.45) is 0 Å². The topological polar surface area (TPSA) is 65.0 Å². The summed E-state index contributed by atoms with van der Waals surface area (Å²) < 4.78 is 42.1. The van der Waals surface area contributed by atoms with E-state index < -0.39 is 23.5 Å². The first-order valence-electron chi connectivity index (χ1n) is 4.43. The predicted octanol–water partition coefficient (Wildman–Crippen LogP) is 1.79. The van der Waals surface area contributed by atoms with Gasteiger partial charge >= 0.3 is 12.1 Å². The number of carbonyl (C=O) groups is 1. The summed E-state index contributed by atoms with van der Waals surface area (Å²) in [5.41, 5.74) is -2.30. The number of halogens is 3. The Hall–Kier alpha value is -1.38. The number of thioether (sulfide) groups is 1. The van der Waals surface area contributed by atoms with Crippen LogP contribution in [0.25, 0.3) is 0 Å². The van der Waals surface area contributed by atoms with Crippen LogP contribution in [0.15, 0.2) is 5.16 Å². The van der Waals surface area contributed by atoms with E-state index in [9.17, 15) is 18.0 Å². The number of aromatic nitrogens is 3.